The zero-order chi connectivity index (χ0) is 14.2. The van der Waals surface area contributed by atoms with E-state index in [4.69, 9.17) is 5.26 Å². The van der Waals surface area contributed by atoms with Crippen molar-refractivity contribution in [2.75, 3.05) is 5.32 Å². The van der Waals surface area contributed by atoms with Gasteiger partial charge < -0.3 is 14.8 Å². The second kappa shape index (κ2) is 4.38. The Kier molecular flexibility index (Phi) is 2.68. The Hall–Kier alpha value is -2.81. The molecule has 1 heterocycles. The highest BCUT2D eigenvalue weighted by molar-refractivity contribution is 5.64. The Morgan fingerprint density at radius 1 is 0.950 bits per heavy atom. The molecule has 0 aliphatic carbocycles. The summed E-state index contributed by atoms with van der Waals surface area (Å²) in [6.45, 7) is 0. The lowest BCUT2D eigenvalue weighted by molar-refractivity contribution is -0.286. The summed E-state index contributed by atoms with van der Waals surface area (Å²) < 4.78 is 34.4. The Balaban J connectivity index is 1.81. The summed E-state index contributed by atoms with van der Waals surface area (Å²) in [4.78, 5) is 0. The van der Waals surface area contributed by atoms with E-state index in [1.165, 1.54) is 12.1 Å². The minimum absolute atomic E-state index is 0.000350. The number of alkyl halides is 2. The molecule has 0 unspecified atom stereocenters. The summed E-state index contributed by atoms with van der Waals surface area (Å²) in [6, 6.07) is 13.2. The predicted octanol–water partition coefficient (Wildman–Crippen LogP) is 3.62. The van der Waals surface area contributed by atoms with Gasteiger partial charge in [0.15, 0.2) is 11.5 Å². The molecule has 0 atom stereocenters. The Morgan fingerprint density at radius 3 is 2.30 bits per heavy atom. The number of rotatable bonds is 2. The molecule has 0 saturated heterocycles. The quantitative estimate of drug-likeness (QED) is 0.908. The summed E-state index contributed by atoms with van der Waals surface area (Å²) in [5.41, 5.74) is 1.85. The smallest absolute Gasteiger partial charge is 0.395 e. The normalized spacial score (nSPS) is 14.7. The lowest BCUT2D eigenvalue weighted by Gasteiger charge is -2.07. The van der Waals surface area contributed by atoms with Gasteiger partial charge in [-0.2, -0.15) is 5.26 Å². The molecule has 1 aliphatic heterocycles. The van der Waals surface area contributed by atoms with Crippen molar-refractivity contribution in [2.24, 2.45) is 0 Å². The third-order valence-electron chi connectivity index (χ3n) is 2.70. The van der Waals surface area contributed by atoms with Crippen LogP contribution < -0.4 is 14.8 Å². The SMILES string of the molecule is N#Cc1ccc(Nc2ccc3c(c2)OC(F)(F)O3)cc1. The van der Waals surface area contributed by atoms with Crippen LogP contribution in [0.25, 0.3) is 0 Å². The van der Waals surface area contributed by atoms with Crippen LogP contribution in [-0.4, -0.2) is 6.29 Å². The standard InChI is InChI=1S/C14H8F2N2O2/c15-14(16)19-12-6-5-11(7-13(12)20-14)18-10-3-1-9(8-17)2-4-10/h1-7,18H. The second-order valence-corrected chi connectivity index (χ2v) is 4.14. The first-order valence-corrected chi connectivity index (χ1v) is 5.73. The van der Waals surface area contributed by atoms with Gasteiger partial charge in [0, 0.05) is 17.4 Å². The Morgan fingerprint density at radius 2 is 1.60 bits per heavy atom. The highest BCUT2D eigenvalue weighted by Crippen LogP contribution is 2.42. The molecule has 0 spiro atoms. The van der Waals surface area contributed by atoms with Crippen LogP contribution in [0, 0.1) is 11.3 Å². The first-order chi connectivity index (χ1) is 9.55. The maximum atomic E-state index is 12.9. The molecule has 20 heavy (non-hydrogen) atoms. The van der Waals surface area contributed by atoms with Gasteiger partial charge >= 0.3 is 6.29 Å². The van der Waals surface area contributed by atoms with Gasteiger partial charge in [0.1, 0.15) is 0 Å². The lowest BCUT2D eigenvalue weighted by atomic mass is 10.2. The molecule has 0 amide bonds. The number of benzene rings is 2. The second-order valence-electron chi connectivity index (χ2n) is 4.14. The van der Waals surface area contributed by atoms with Crippen LogP contribution in [0.3, 0.4) is 0 Å². The van der Waals surface area contributed by atoms with Crippen molar-refractivity contribution in [3.63, 3.8) is 0 Å². The molecule has 4 nitrogen and oxygen atoms in total. The van der Waals surface area contributed by atoms with E-state index >= 15 is 0 Å². The van der Waals surface area contributed by atoms with Crippen molar-refractivity contribution < 1.29 is 18.3 Å². The monoisotopic (exact) mass is 274 g/mol. The van der Waals surface area contributed by atoms with Gasteiger partial charge in [-0.1, -0.05) is 0 Å². The molecule has 3 rings (SSSR count). The number of ether oxygens (including phenoxy) is 2. The fraction of sp³-hybridized carbons (Fsp3) is 0.0714. The van der Waals surface area contributed by atoms with Gasteiger partial charge in [-0.25, -0.2) is 0 Å². The van der Waals surface area contributed by atoms with Crippen LogP contribution in [0.1, 0.15) is 5.56 Å². The molecule has 2 aromatic rings. The van der Waals surface area contributed by atoms with E-state index in [-0.39, 0.29) is 11.5 Å². The van der Waals surface area contributed by atoms with Gasteiger partial charge in [0.05, 0.1) is 11.6 Å². The molecular weight excluding hydrogens is 266 g/mol. The number of nitriles is 1. The summed E-state index contributed by atoms with van der Waals surface area (Å²) in [5, 5.41) is 11.7. The van der Waals surface area contributed by atoms with E-state index in [1.54, 1.807) is 30.3 Å². The number of hydrogen-bond acceptors (Lipinski definition) is 4. The predicted molar refractivity (Wildman–Crippen MR) is 67.1 cm³/mol. The van der Waals surface area contributed by atoms with Crippen LogP contribution in [0.5, 0.6) is 11.5 Å². The minimum atomic E-state index is -3.62. The summed E-state index contributed by atoms with van der Waals surface area (Å²) in [7, 11) is 0. The topological polar surface area (TPSA) is 54.3 Å². The summed E-state index contributed by atoms with van der Waals surface area (Å²) in [6.07, 6.45) is -3.62. The van der Waals surface area contributed by atoms with Gasteiger partial charge in [-0.05, 0) is 36.4 Å². The van der Waals surface area contributed by atoms with Crippen LogP contribution in [0.4, 0.5) is 20.2 Å². The van der Waals surface area contributed by atoms with E-state index in [1.807, 2.05) is 6.07 Å². The molecule has 0 saturated carbocycles. The molecular formula is C14H8F2N2O2. The van der Waals surface area contributed by atoms with Crippen molar-refractivity contribution in [1.29, 1.82) is 5.26 Å². The van der Waals surface area contributed by atoms with Gasteiger partial charge in [0.25, 0.3) is 0 Å². The largest absolute Gasteiger partial charge is 0.586 e. The number of nitrogens with zero attached hydrogens (tertiary/aromatic N) is 1. The van der Waals surface area contributed by atoms with E-state index in [9.17, 15) is 8.78 Å². The van der Waals surface area contributed by atoms with Crippen molar-refractivity contribution in [3.8, 4) is 17.6 Å². The molecule has 0 fully saturated rings. The summed E-state index contributed by atoms with van der Waals surface area (Å²) >= 11 is 0. The highest BCUT2D eigenvalue weighted by Gasteiger charge is 2.43. The van der Waals surface area contributed by atoms with Crippen molar-refractivity contribution in [2.45, 2.75) is 6.29 Å². The highest BCUT2D eigenvalue weighted by atomic mass is 19.3. The van der Waals surface area contributed by atoms with E-state index in [0.717, 1.165) is 5.69 Å². The number of fused-ring (bicyclic) bond motifs is 1. The first kappa shape index (κ1) is 12.2. The van der Waals surface area contributed by atoms with Crippen molar-refractivity contribution in [1.82, 2.24) is 0 Å². The number of anilines is 2. The first-order valence-electron chi connectivity index (χ1n) is 5.73. The third-order valence-corrected chi connectivity index (χ3v) is 2.70. The van der Waals surface area contributed by atoms with Crippen LogP contribution in [0.15, 0.2) is 42.5 Å². The molecule has 100 valence electrons. The van der Waals surface area contributed by atoms with Crippen molar-refractivity contribution >= 4 is 11.4 Å². The number of hydrogen-bond donors (Lipinski definition) is 1. The van der Waals surface area contributed by atoms with Crippen LogP contribution in [0.2, 0.25) is 0 Å². The average molecular weight is 274 g/mol. The van der Waals surface area contributed by atoms with E-state index in [0.29, 0.717) is 11.3 Å². The van der Waals surface area contributed by atoms with Gasteiger partial charge in [0.2, 0.25) is 0 Å². The molecule has 1 aliphatic rings. The fourth-order valence-electron chi connectivity index (χ4n) is 1.82. The molecule has 6 heteroatoms. The van der Waals surface area contributed by atoms with Gasteiger partial charge in [-0.3, -0.25) is 0 Å². The molecule has 2 aromatic carbocycles. The molecule has 0 aromatic heterocycles. The van der Waals surface area contributed by atoms with E-state index in [2.05, 4.69) is 14.8 Å². The zero-order valence-corrected chi connectivity index (χ0v) is 10.1. The van der Waals surface area contributed by atoms with Gasteiger partial charge in [-0.15, -0.1) is 8.78 Å². The van der Waals surface area contributed by atoms with Crippen LogP contribution >= 0.6 is 0 Å². The fourth-order valence-corrected chi connectivity index (χ4v) is 1.82. The minimum Gasteiger partial charge on any atom is -0.395 e. The maximum Gasteiger partial charge on any atom is 0.586 e. The molecule has 0 bridgehead atoms. The molecule has 1 N–H and O–H groups in total. The number of halogens is 2. The summed E-state index contributed by atoms with van der Waals surface area (Å²) in [5.74, 6) is -0.0194. The number of nitrogens with one attached hydrogen (secondary N) is 1. The van der Waals surface area contributed by atoms with E-state index < -0.39 is 6.29 Å². The van der Waals surface area contributed by atoms with Crippen LogP contribution in [-0.2, 0) is 0 Å². The van der Waals surface area contributed by atoms with Crippen molar-refractivity contribution in [3.05, 3.63) is 48.0 Å². The average Bonchev–Trinajstić information content (AvgIpc) is 2.73. The molecule has 0 radical (unpaired) electrons. The third kappa shape index (κ3) is 2.34. The zero-order valence-electron chi connectivity index (χ0n) is 10.1. The maximum absolute atomic E-state index is 12.9. The Bertz CT molecular complexity index is 693. The lowest BCUT2D eigenvalue weighted by Crippen LogP contribution is -2.25. The Labute approximate surface area is 113 Å².